The molecule has 110 valence electrons. The van der Waals surface area contributed by atoms with E-state index in [9.17, 15) is 10.1 Å². The van der Waals surface area contributed by atoms with Gasteiger partial charge in [0.1, 0.15) is 5.75 Å². The topological polar surface area (TPSA) is 55.6 Å². The van der Waals surface area contributed by atoms with Gasteiger partial charge in [0.05, 0.1) is 11.5 Å². The summed E-state index contributed by atoms with van der Waals surface area (Å²) in [7, 11) is 0. The van der Waals surface area contributed by atoms with E-state index in [1.165, 1.54) is 38.1 Å². The first kappa shape index (κ1) is 14.8. The summed E-state index contributed by atoms with van der Waals surface area (Å²) in [6.45, 7) is 6.42. The van der Waals surface area contributed by atoms with Crippen molar-refractivity contribution in [1.29, 1.82) is 0 Å². The monoisotopic (exact) mass is 278 g/mol. The lowest BCUT2D eigenvalue weighted by atomic mass is 10.0. The second-order valence-corrected chi connectivity index (χ2v) is 5.50. The number of nitro benzene ring substituents is 1. The van der Waals surface area contributed by atoms with Gasteiger partial charge in [-0.1, -0.05) is 6.92 Å². The predicted molar refractivity (Wildman–Crippen MR) is 78.0 cm³/mol. The fraction of sp³-hybridized carbons (Fsp3) is 0.600. The maximum atomic E-state index is 10.5. The highest BCUT2D eigenvalue weighted by Crippen LogP contribution is 2.18. The summed E-state index contributed by atoms with van der Waals surface area (Å²) in [4.78, 5) is 12.6. The smallest absolute Gasteiger partial charge is 0.269 e. The highest BCUT2D eigenvalue weighted by molar-refractivity contribution is 5.35. The number of likely N-dealkylation sites (tertiary alicyclic amines) is 1. The van der Waals surface area contributed by atoms with E-state index >= 15 is 0 Å². The number of nitrogens with zero attached hydrogens (tertiary/aromatic N) is 2. The van der Waals surface area contributed by atoms with Crippen LogP contribution in [0.5, 0.6) is 5.75 Å². The van der Waals surface area contributed by atoms with Gasteiger partial charge in [-0.25, -0.2) is 0 Å². The minimum absolute atomic E-state index is 0.0969. The summed E-state index contributed by atoms with van der Waals surface area (Å²) in [5.74, 6) is 1.50. The lowest BCUT2D eigenvalue weighted by Gasteiger charge is -2.30. The summed E-state index contributed by atoms with van der Waals surface area (Å²) in [5, 5.41) is 10.5. The molecule has 5 heteroatoms. The zero-order valence-electron chi connectivity index (χ0n) is 12.0. The molecule has 0 amide bonds. The standard InChI is InChI=1S/C15H22N2O3/c1-13-4-2-9-16(12-13)10-3-11-20-15-7-5-14(6-8-15)17(18)19/h5-8,13H,2-4,9-12H2,1H3/t13-/m1/s1. The molecule has 0 aromatic heterocycles. The number of piperidine rings is 1. The van der Waals surface area contributed by atoms with Crippen LogP contribution >= 0.6 is 0 Å². The molecule has 0 saturated carbocycles. The van der Waals surface area contributed by atoms with Gasteiger partial charge < -0.3 is 9.64 Å². The quantitative estimate of drug-likeness (QED) is 0.456. The molecule has 2 rings (SSSR count). The van der Waals surface area contributed by atoms with Crippen LogP contribution in [-0.2, 0) is 0 Å². The number of ether oxygens (including phenoxy) is 1. The molecule has 0 unspecified atom stereocenters. The third-order valence-electron chi connectivity index (χ3n) is 3.68. The molecule has 20 heavy (non-hydrogen) atoms. The van der Waals surface area contributed by atoms with Gasteiger partial charge >= 0.3 is 0 Å². The van der Waals surface area contributed by atoms with Crippen molar-refractivity contribution >= 4 is 5.69 Å². The van der Waals surface area contributed by atoms with Crippen LogP contribution in [0.4, 0.5) is 5.69 Å². The van der Waals surface area contributed by atoms with Crippen molar-refractivity contribution in [1.82, 2.24) is 4.90 Å². The SMILES string of the molecule is C[C@@H]1CCCN(CCCOc2ccc([N+](=O)[O-])cc2)C1. The Hall–Kier alpha value is -1.62. The van der Waals surface area contributed by atoms with Gasteiger partial charge in [-0.2, -0.15) is 0 Å². The molecule has 1 aromatic carbocycles. The number of hydrogen-bond donors (Lipinski definition) is 0. The van der Waals surface area contributed by atoms with Crippen LogP contribution in [0.25, 0.3) is 0 Å². The first-order chi connectivity index (χ1) is 9.65. The van der Waals surface area contributed by atoms with Gasteiger partial charge in [-0.15, -0.1) is 0 Å². The first-order valence-corrected chi connectivity index (χ1v) is 7.25. The number of nitro groups is 1. The predicted octanol–water partition coefficient (Wildman–Crippen LogP) is 3.10. The van der Waals surface area contributed by atoms with Crippen molar-refractivity contribution in [2.24, 2.45) is 5.92 Å². The largest absolute Gasteiger partial charge is 0.494 e. The zero-order valence-corrected chi connectivity index (χ0v) is 12.0. The molecule has 0 N–H and O–H groups in total. The second-order valence-electron chi connectivity index (χ2n) is 5.50. The Morgan fingerprint density at radius 2 is 2.15 bits per heavy atom. The average Bonchev–Trinajstić information content (AvgIpc) is 2.44. The van der Waals surface area contributed by atoms with Crippen molar-refractivity contribution in [3.8, 4) is 5.75 Å². The van der Waals surface area contributed by atoms with Gasteiger partial charge in [0.2, 0.25) is 0 Å². The molecule has 1 fully saturated rings. The molecule has 5 nitrogen and oxygen atoms in total. The Bertz CT molecular complexity index is 433. The Morgan fingerprint density at radius 3 is 2.80 bits per heavy atom. The van der Waals surface area contributed by atoms with Gasteiger partial charge in [0.25, 0.3) is 5.69 Å². The molecule has 0 aliphatic carbocycles. The van der Waals surface area contributed by atoms with Crippen LogP contribution in [0.1, 0.15) is 26.2 Å². The fourth-order valence-corrected chi connectivity index (χ4v) is 2.63. The van der Waals surface area contributed by atoms with Crippen molar-refractivity contribution in [2.75, 3.05) is 26.2 Å². The Balaban J connectivity index is 1.66. The fourth-order valence-electron chi connectivity index (χ4n) is 2.63. The van der Waals surface area contributed by atoms with E-state index in [0.29, 0.717) is 12.4 Å². The maximum absolute atomic E-state index is 10.5. The van der Waals surface area contributed by atoms with Gasteiger partial charge in [-0.05, 0) is 43.9 Å². The van der Waals surface area contributed by atoms with Crippen molar-refractivity contribution in [3.63, 3.8) is 0 Å². The first-order valence-electron chi connectivity index (χ1n) is 7.25. The molecule has 1 aliphatic heterocycles. The van der Waals surface area contributed by atoms with Crippen LogP contribution in [0, 0.1) is 16.0 Å². The van der Waals surface area contributed by atoms with Crippen molar-refractivity contribution < 1.29 is 9.66 Å². The Kier molecular flexibility index (Phi) is 5.35. The number of non-ortho nitro benzene ring substituents is 1. The van der Waals surface area contributed by atoms with E-state index in [0.717, 1.165) is 18.9 Å². The number of rotatable bonds is 6. The zero-order chi connectivity index (χ0) is 14.4. The van der Waals surface area contributed by atoms with E-state index < -0.39 is 4.92 Å². The summed E-state index contributed by atoms with van der Waals surface area (Å²) in [6.07, 6.45) is 3.63. The molecule has 1 saturated heterocycles. The molecule has 0 bridgehead atoms. The molecule has 1 heterocycles. The van der Waals surface area contributed by atoms with Crippen LogP contribution in [0.3, 0.4) is 0 Å². The van der Waals surface area contributed by atoms with E-state index in [1.54, 1.807) is 12.1 Å². The van der Waals surface area contributed by atoms with E-state index in [4.69, 9.17) is 4.74 Å². The normalized spacial score (nSPS) is 19.8. The Morgan fingerprint density at radius 1 is 1.40 bits per heavy atom. The van der Waals surface area contributed by atoms with Crippen molar-refractivity contribution in [2.45, 2.75) is 26.2 Å². The second kappa shape index (κ2) is 7.24. The highest BCUT2D eigenvalue weighted by atomic mass is 16.6. The van der Waals surface area contributed by atoms with Gasteiger partial charge in [0, 0.05) is 25.2 Å². The minimum atomic E-state index is -0.401. The molecule has 1 atom stereocenters. The summed E-state index contributed by atoms with van der Waals surface area (Å²) in [5.41, 5.74) is 0.0969. The lowest BCUT2D eigenvalue weighted by molar-refractivity contribution is -0.384. The molecule has 1 aliphatic rings. The number of hydrogen-bond acceptors (Lipinski definition) is 4. The van der Waals surface area contributed by atoms with E-state index in [-0.39, 0.29) is 5.69 Å². The third kappa shape index (κ3) is 4.49. The number of benzene rings is 1. The maximum Gasteiger partial charge on any atom is 0.269 e. The van der Waals surface area contributed by atoms with E-state index in [1.807, 2.05) is 0 Å². The minimum Gasteiger partial charge on any atom is -0.494 e. The molecule has 1 aromatic rings. The summed E-state index contributed by atoms with van der Waals surface area (Å²) >= 11 is 0. The van der Waals surface area contributed by atoms with Gasteiger partial charge in [0.15, 0.2) is 0 Å². The van der Waals surface area contributed by atoms with Crippen LogP contribution < -0.4 is 4.74 Å². The molecule has 0 radical (unpaired) electrons. The molecular weight excluding hydrogens is 256 g/mol. The summed E-state index contributed by atoms with van der Waals surface area (Å²) < 4.78 is 5.61. The average molecular weight is 278 g/mol. The van der Waals surface area contributed by atoms with Crippen LogP contribution in [0.15, 0.2) is 24.3 Å². The van der Waals surface area contributed by atoms with Crippen LogP contribution in [0.2, 0.25) is 0 Å². The highest BCUT2D eigenvalue weighted by Gasteiger charge is 2.15. The van der Waals surface area contributed by atoms with Gasteiger partial charge in [-0.3, -0.25) is 10.1 Å². The van der Waals surface area contributed by atoms with Crippen LogP contribution in [-0.4, -0.2) is 36.1 Å². The van der Waals surface area contributed by atoms with Crippen molar-refractivity contribution in [3.05, 3.63) is 34.4 Å². The van der Waals surface area contributed by atoms with E-state index in [2.05, 4.69) is 11.8 Å². The molecule has 0 spiro atoms. The lowest BCUT2D eigenvalue weighted by Crippen LogP contribution is -2.35. The molecular formula is C15H22N2O3. The summed E-state index contributed by atoms with van der Waals surface area (Å²) in [6, 6.07) is 6.26. The Labute approximate surface area is 119 Å². The third-order valence-corrected chi connectivity index (χ3v) is 3.68.